The van der Waals surface area contributed by atoms with Crippen molar-refractivity contribution in [1.29, 1.82) is 0 Å². The molecular formula is C18H19NO5. The van der Waals surface area contributed by atoms with E-state index in [0.717, 1.165) is 5.56 Å². The lowest BCUT2D eigenvalue weighted by Gasteiger charge is -2.19. The van der Waals surface area contributed by atoms with Crippen LogP contribution in [0.2, 0.25) is 0 Å². The second kappa shape index (κ2) is 8.90. The summed E-state index contributed by atoms with van der Waals surface area (Å²) in [7, 11) is 0. The number of ketones is 1. The largest absolute Gasteiger partial charge is 0.384 e. The highest BCUT2D eigenvalue weighted by molar-refractivity contribution is 5.99. The van der Waals surface area contributed by atoms with Gasteiger partial charge in [0, 0.05) is 10.5 Å². The quantitative estimate of drug-likeness (QED) is 0.433. The van der Waals surface area contributed by atoms with Gasteiger partial charge >= 0.3 is 0 Å². The first-order valence-corrected chi connectivity index (χ1v) is 7.58. The van der Waals surface area contributed by atoms with E-state index in [-0.39, 0.29) is 13.2 Å². The van der Waals surface area contributed by atoms with Crippen molar-refractivity contribution < 1.29 is 19.6 Å². The zero-order valence-electron chi connectivity index (χ0n) is 13.1. The minimum atomic E-state index is -1.48. The normalized spacial score (nSPS) is 13.2. The molecule has 0 spiro atoms. The molecule has 0 aromatic heterocycles. The SMILES string of the molecule is O=C(c1ccccc1)[C@@H](O)[C@H](COCc1ccccc1)C[N+](=O)[O-]. The average Bonchev–Trinajstić information content (AvgIpc) is 2.61. The molecule has 2 aromatic carbocycles. The number of benzene rings is 2. The standard InChI is InChI=1S/C18H19NO5/c20-17(15-9-5-2-6-10-15)18(21)16(11-19(22)23)13-24-12-14-7-3-1-4-8-14/h1-10,16,18,21H,11-13H2/t16-,18-/m0/s1. The molecule has 1 N–H and O–H groups in total. The lowest BCUT2D eigenvalue weighted by Crippen LogP contribution is -2.37. The van der Waals surface area contributed by atoms with Gasteiger partial charge in [0.1, 0.15) is 6.10 Å². The number of hydrogen-bond donors (Lipinski definition) is 1. The van der Waals surface area contributed by atoms with Gasteiger partial charge in [-0.05, 0) is 5.56 Å². The Morgan fingerprint density at radius 2 is 1.67 bits per heavy atom. The summed E-state index contributed by atoms with van der Waals surface area (Å²) >= 11 is 0. The highest BCUT2D eigenvalue weighted by Gasteiger charge is 2.31. The molecular weight excluding hydrogens is 310 g/mol. The molecule has 0 bridgehead atoms. The van der Waals surface area contributed by atoms with Crippen LogP contribution in [0.4, 0.5) is 0 Å². The summed E-state index contributed by atoms with van der Waals surface area (Å²) < 4.78 is 5.47. The fourth-order valence-corrected chi connectivity index (χ4v) is 2.32. The molecule has 0 radical (unpaired) electrons. The number of carbonyl (C=O) groups is 1. The predicted molar refractivity (Wildman–Crippen MR) is 88.2 cm³/mol. The Morgan fingerprint density at radius 3 is 2.25 bits per heavy atom. The first-order valence-electron chi connectivity index (χ1n) is 7.58. The van der Waals surface area contributed by atoms with Crippen molar-refractivity contribution in [3.05, 3.63) is 81.9 Å². The topological polar surface area (TPSA) is 89.7 Å². The molecule has 2 atom stereocenters. The van der Waals surface area contributed by atoms with Crippen molar-refractivity contribution in [3.8, 4) is 0 Å². The van der Waals surface area contributed by atoms with E-state index >= 15 is 0 Å². The molecule has 0 unspecified atom stereocenters. The fraction of sp³-hybridized carbons (Fsp3) is 0.278. The monoisotopic (exact) mass is 329 g/mol. The van der Waals surface area contributed by atoms with Gasteiger partial charge in [0.15, 0.2) is 5.78 Å². The lowest BCUT2D eigenvalue weighted by atomic mass is 9.95. The molecule has 0 saturated carbocycles. The van der Waals surface area contributed by atoms with Crippen LogP contribution < -0.4 is 0 Å². The van der Waals surface area contributed by atoms with Gasteiger partial charge in [0.2, 0.25) is 6.54 Å². The Balaban J connectivity index is 1.98. The van der Waals surface area contributed by atoms with E-state index in [1.54, 1.807) is 30.3 Å². The first-order chi connectivity index (χ1) is 11.6. The molecule has 2 aromatic rings. The molecule has 6 nitrogen and oxygen atoms in total. The summed E-state index contributed by atoms with van der Waals surface area (Å²) in [6, 6.07) is 17.6. The summed E-state index contributed by atoms with van der Waals surface area (Å²) in [4.78, 5) is 22.6. The Labute approximate surface area is 139 Å². The van der Waals surface area contributed by atoms with Gasteiger partial charge in [-0.15, -0.1) is 0 Å². The number of aliphatic hydroxyl groups is 1. The van der Waals surface area contributed by atoms with Crippen molar-refractivity contribution in [2.45, 2.75) is 12.7 Å². The van der Waals surface area contributed by atoms with Gasteiger partial charge < -0.3 is 9.84 Å². The third-order valence-corrected chi connectivity index (χ3v) is 3.60. The number of hydrogen-bond acceptors (Lipinski definition) is 5. The van der Waals surface area contributed by atoms with Crippen LogP contribution >= 0.6 is 0 Å². The Bertz CT molecular complexity index is 660. The van der Waals surface area contributed by atoms with Gasteiger partial charge in [-0.3, -0.25) is 14.9 Å². The van der Waals surface area contributed by atoms with E-state index in [2.05, 4.69) is 0 Å². The van der Waals surface area contributed by atoms with Crippen molar-refractivity contribution in [3.63, 3.8) is 0 Å². The minimum absolute atomic E-state index is 0.0738. The van der Waals surface area contributed by atoms with E-state index in [1.807, 2.05) is 30.3 Å². The third-order valence-electron chi connectivity index (χ3n) is 3.60. The van der Waals surface area contributed by atoms with Gasteiger partial charge in [0.05, 0.1) is 19.1 Å². The molecule has 24 heavy (non-hydrogen) atoms. The van der Waals surface area contributed by atoms with E-state index in [1.165, 1.54) is 0 Å². The maximum Gasteiger partial charge on any atom is 0.211 e. The van der Waals surface area contributed by atoms with Gasteiger partial charge in [-0.1, -0.05) is 60.7 Å². The number of rotatable bonds is 9. The molecule has 0 aliphatic heterocycles. The molecule has 6 heteroatoms. The van der Waals surface area contributed by atoms with E-state index < -0.39 is 29.3 Å². The number of aliphatic hydroxyl groups excluding tert-OH is 1. The average molecular weight is 329 g/mol. The third kappa shape index (κ3) is 5.26. The predicted octanol–water partition coefficient (Wildman–Crippen LogP) is 2.34. The Hall–Kier alpha value is -2.57. The first kappa shape index (κ1) is 17.8. The molecule has 0 saturated heterocycles. The maximum atomic E-state index is 12.3. The Morgan fingerprint density at radius 1 is 1.08 bits per heavy atom. The van der Waals surface area contributed by atoms with Crippen LogP contribution in [-0.2, 0) is 11.3 Å². The molecule has 0 amide bonds. The highest BCUT2D eigenvalue weighted by atomic mass is 16.6. The van der Waals surface area contributed by atoms with Crippen LogP contribution in [0.25, 0.3) is 0 Å². The van der Waals surface area contributed by atoms with E-state index in [9.17, 15) is 20.0 Å². The maximum absolute atomic E-state index is 12.3. The van der Waals surface area contributed by atoms with Gasteiger partial charge in [0.25, 0.3) is 0 Å². The molecule has 2 rings (SSSR count). The summed E-state index contributed by atoms with van der Waals surface area (Å²) in [5, 5.41) is 21.1. The van der Waals surface area contributed by atoms with Crippen molar-refractivity contribution in [2.75, 3.05) is 13.2 Å². The van der Waals surface area contributed by atoms with Crippen molar-refractivity contribution >= 4 is 5.78 Å². The number of nitrogens with zero attached hydrogens (tertiary/aromatic N) is 1. The summed E-state index contributed by atoms with van der Waals surface area (Å²) in [5.74, 6) is -1.44. The fourth-order valence-electron chi connectivity index (χ4n) is 2.32. The number of ether oxygens (including phenoxy) is 1. The molecule has 0 aliphatic carbocycles. The van der Waals surface area contributed by atoms with E-state index in [0.29, 0.717) is 5.56 Å². The van der Waals surface area contributed by atoms with Crippen molar-refractivity contribution in [2.24, 2.45) is 5.92 Å². The molecule has 0 heterocycles. The van der Waals surface area contributed by atoms with Gasteiger partial charge in [-0.2, -0.15) is 0 Å². The van der Waals surface area contributed by atoms with Crippen molar-refractivity contribution in [1.82, 2.24) is 0 Å². The Kier molecular flexibility index (Phi) is 6.60. The van der Waals surface area contributed by atoms with Crippen LogP contribution in [0.15, 0.2) is 60.7 Å². The summed E-state index contributed by atoms with van der Waals surface area (Å²) in [5.41, 5.74) is 1.24. The number of Topliss-reactive ketones (excluding diaryl/α,β-unsaturated/α-hetero) is 1. The van der Waals surface area contributed by atoms with E-state index in [4.69, 9.17) is 4.74 Å². The smallest absolute Gasteiger partial charge is 0.211 e. The molecule has 0 aliphatic rings. The van der Waals surface area contributed by atoms with Crippen LogP contribution in [0.5, 0.6) is 0 Å². The highest BCUT2D eigenvalue weighted by Crippen LogP contribution is 2.13. The molecule has 126 valence electrons. The zero-order valence-corrected chi connectivity index (χ0v) is 13.1. The van der Waals surface area contributed by atoms with Crippen LogP contribution in [-0.4, -0.2) is 35.1 Å². The van der Waals surface area contributed by atoms with Crippen LogP contribution in [0.1, 0.15) is 15.9 Å². The van der Waals surface area contributed by atoms with Gasteiger partial charge in [-0.25, -0.2) is 0 Å². The summed E-state index contributed by atoms with van der Waals surface area (Å²) in [6.45, 7) is -0.342. The second-order valence-electron chi connectivity index (χ2n) is 5.45. The lowest BCUT2D eigenvalue weighted by molar-refractivity contribution is -0.490. The van der Waals surface area contributed by atoms with Crippen LogP contribution in [0.3, 0.4) is 0 Å². The second-order valence-corrected chi connectivity index (χ2v) is 5.45. The van der Waals surface area contributed by atoms with Crippen LogP contribution in [0, 0.1) is 16.0 Å². The summed E-state index contributed by atoms with van der Waals surface area (Å²) in [6.07, 6.45) is -1.48. The zero-order chi connectivity index (χ0) is 17.4. The number of nitro groups is 1. The minimum Gasteiger partial charge on any atom is -0.384 e. The number of carbonyl (C=O) groups excluding carboxylic acids is 1. The molecule has 0 fully saturated rings.